The van der Waals surface area contributed by atoms with E-state index >= 15 is 0 Å². The average Bonchev–Trinajstić information content (AvgIpc) is 3.38. The van der Waals surface area contributed by atoms with Gasteiger partial charge >= 0.3 is 17.9 Å². The van der Waals surface area contributed by atoms with E-state index in [1.807, 2.05) is 0 Å². The number of carbonyl (C=O) groups is 3. The van der Waals surface area contributed by atoms with Gasteiger partial charge in [-0.05, 0) is 122 Å². The summed E-state index contributed by atoms with van der Waals surface area (Å²) in [5.41, 5.74) is 0. The van der Waals surface area contributed by atoms with Gasteiger partial charge in [-0.3, -0.25) is 14.4 Å². The third kappa shape index (κ3) is 57.2. The van der Waals surface area contributed by atoms with Crippen LogP contribution in [0.25, 0.3) is 0 Å². The van der Waals surface area contributed by atoms with E-state index < -0.39 is 6.10 Å². The molecule has 1 atom stereocenters. The summed E-state index contributed by atoms with van der Waals surface area (Å²) < 4.78 is 16.9. The summed E-state index contributed by atoms with van der Waals surface area (Å²) in [7, 11) is 0. The fourth-order valence-electron chi connectivity index (χ4n) is 8.26. The number of rotatable bonds is 54. The van der Waals surface area contributed by atoms with Crippen molar-refractivity contribution in [2.75, 3.05) is 13.2 Å². The molecule has 0 aliphatic carbocycles. The first-order valence-corrected chi connectivity index (χ1v) is 30.2. The molecule has 0 radical (unpaired) electrons. The molecule has 0 saturated heterocycles. The van der Waals surface area contributed by atoms with Gasteiger partial charge in [0.05, 0.1) is 0 Å². The molecule has 0 N–H and O–H groups in total. The summed E-state index contributed by atoms with van der Waals surface area (Å²) in [5, 5.41) is 0. The van der Waals surface area contributed by atoms with Crippen molar-refractivity contribution in [1.29, 1.82) is 0 Å². The SMILES string of the molecule is CC/C=C\C/C=C\C/C=C\C/C=C\C/C=C\C/C=C\CCCCC(=O)OCC(COC(=O)CCCCCCC/C=C\CCCCCCCCC)OC(=O)CCCCCCCCC/C=C\CCCCCCCC. The molecule has 0 saturated carbocycles. The third-order valence-electron chi connectivity index (χ3n) is 12.8. The van der Waals surface area contributed by atoms with Crippen molar-refractivity contribution in [2.24, 2.45) is 0 Å². The maximum atomic E-state index is 12.9. The second-order valence-corrected chi connectivity index (χ2v) is 19.9. The highest BCUT2D eigenvalue weighted by Crippen LogP contribution is 2.15. The smallest absolute Gasteiger partial charge is 0.306 e. The second kappa shape index (κ2) is 59.9. The van der Waals surface area contributed by atoms with Gasteiger partial charge < -0.3 is 14.2 Å². The van der Waals surface area contributed by atoms with Crippen LogP contribution < -0.4 is 0 Å². The van der Waals surface area contributed by atoms with E-state index in [4.69, 9.17) is 14.2 Å². The fraction of sp³-hybridized carbons (Fsp3) is 0.712. The molecule has 6 nitrogen and oxygen atoms in total. The molecular weight excluding hydrogens is 889 g/mol. The van der Waals surface area contributed by atoms with Crippen LogP contribution in [0.4, 0.5) is 0 Å². The van der Waals surface area contributed by atoms with Gasteiger partial charge in [-0.25, -0.2) is 0 Å². The zero-order valence-corrected chi connectivity index (χ0v) is 47.2. The van der Waals surface area contributed by atoms with Gasteiger partial charge in [0.15, 0.2) is 6.10 Å². The van der Waals surface area contributed by atoms with Crippen molar-refractivity contribution < 1.29 is 28.6 Å². The molecule has 0 aliphatic heterocycles. The lowest BCUT2D eigenvalue weighted by atomic mass is 10.1. The van der Waals surface area contributed by atoms with Gasteiger partial charge in [-0.2, -0.15) is 0 Å². The van der Waals surface area contributed by atoms with Crippen molar-refractivity contribution in [2.45, 2.75) is 290 Å². The number of allylic oxidation sites excluding steroid dienone is 16. The minimum absolute atomic E-state index is 0.0973. The quantitative estimate of drug-likeness (QED) is 0.0261. The van der Waals surface area contributed by atoms with Gasteiger partial charge in [-0.1, -0.05) is 240 Å². The van der Waals surface area contributed by atoms with Gasteiger partial charge in [0, 0.05) is 19.3 Å². The zero-order chi connectivity index (χ0) is 52.2. The number of ether oxygens (including phenoxy) is 3. The van der Waals surface area contributed by atoms with Crippen LogP contribution in [0.5, 0.6) is 0 Å². The lowest BCUT2D eigenvalue weighted by Gasteiger charge is -2.18. The van der Waals surface area contributed by atoms with Crippen molar-refractivity contribution in [3.8, 4) is 0 Å². The third-order valence-corrected chi connectivity index (χ3v) is 12.8. The number of hydrogen-bond donors (Lipinski definition) is 0. The standard InChI is InChI=1S/C66H112O6/c1-4-7-10-13-16-19-22-25-28-31-32-33-34-36-38-41-44-47-50-53-56-59-65(68)71-62-63(61-70-64(67)58-55-52-49-46-43-40-37-30-27-24-21-18-15-12-9-6-3)72-66(69)60-57-54-51-48-45-42-39-35-29-26-23-20-17-14-11-8-5-2/h7,10,16,19,25-26,28-30,32-33,36-38,44,47,63H,4-6,8-9,11-15,17-18,20-24,27,31,34-35,39-43,45-46,48-62H2,1-3H3/b10-7-,19-16-,28-25-,29-26-,33-32-,37-30-,38-36-,47-44-. The van der Waals surface area contributed by atoms with Crippen LogP contribution >= 0.6 is 0 Å². The number of esters is 3. The van der Waals surface area contributed by atoms with Crippen LogP contribution in [0.15, 0.2) is 97.2 Å². The molecule has 412 valence electrons. The zero-order valence-electron chi connectivity index (χ0n) is 47.2. The van der Waals surface area contributed by atoms with Gasteiger partial charge in [0.25, 0.3) is 0 Å². The molecule has 0 heterocycles. The molecule has 0 bridgehead atoms. The van der Waals surface area contributed by atoms with Crippen molar-refractivity contribution in [3.63, 3.8) is 0 Å². The molecule has 72 heavy (non-hydrogen) atoms. The molecular formula is C66H112O6. The van der Waals surface area contributed by atoms with Crippen LogP contribution in [0.3, 0.4) is 0 Å². The molecule has 6 heteroatoms. The Morgan fingerprint density at radius 1 is 0.292 bits per heavy atom. The van der Waals surface area contributed by atoms with Gasteiger partial charge in [0.2, 0.25) is 0 Å². The van der Waals surface area contributed by atoms with Gasteiger partial charge in [-0.15, -0.1) is 0 Å². The first-order valence-electron chi connectivity index (χ1n) is 30.2. The predicted molar refractivity (Wildman–Crippen MR) is 311 cm³/mol. The van der Waals surface area contributed by atoms with E-state index in [0.29, 0.717) is 19.3 Å². The van der Waals surface area contributed by atoms with Crippen LogP contribution in [0.1, 0.15) is 284 Å². The monoisotopic (exact) mass is 1000 g/mol. The van der Waals surface area contributed by atoms with E-state index in [1.165, 1.54) is 141 Å². The Morgan fingerprint density at radius 2 is 0.542 bits per heavy atom. The van der Waals surface area contributed by atoms with E-state index in [1.54, 1.807) is 0 Å². The minimum Gasteiger partial charge on any atom is -0.462 e. The normalized spacial score (nSPS) is 12.8. The van der Waals surface area contributed by atoms with Crippen molar-refractivity contribution in [3.05, 3.63) is 97.2 Å². The predicted octanol–water partition coefficient (Wildman–Crippen LogP) is 20.5. The summed E-state index contributed by atoms with van der Waals surface area (Å²) in [6, 6.07) is 0. The number of carbonyl (C=O) groups excluding carboxylic acids is 3. The Labute approximate surface area is 445 Å². The van der Waals surface area contributed by atoms with Gasteiger partial charge in [0.1, 0.15) is 13.2 Å². The molecule has 0 rings (SSSR count). The number of unbranched alkanes of at least 4 members (excludes halogenated alkanes) is 27. The highest BCUT2D eigenvalue weighted by molar-refractivity contribution is 5.71. The Morgan fingerprint density at radius 3 is 0.889 bits per heavy atom. The maximum Gasteiger partial charge on any atom is 0.306 e. The molecule has 0 fully saturated rings. The molecule has 0 spiro atoms. The minimum atomic E-state index is -0.803. The van der Waals surface area contributed by atoms with E-state index in [9.17, 15) is 14.4 Å². The number of hydrogen-bond acceptors (Lipinski definition) is 6. The first kappa shape index (κ1) is 68.3. The summed E-state index contributed by atoms with van der Waals surface area (Å²) in [4.78, 5) is 38.2. The molecule has 0 aliphatic rings. The molecule has 0 aromatic heterocycles. The topological polar surface area (TPSA) is 78.9 Å². The molecule has 0 aromatic rings. The van der Waals surface area contributed by atoms with E-state index in [0.717, 1.165) is 103 Å². The highest BCUT2D eigenvalue weighted by Gasteiger charge is 2.19. The van der Waals surface area contributed by atoms with Crippen LogP contribution in [0.2, 0.25) is 0 Å². The highest BCUT2D eigenvalue weighted by atomic mass is 16.6. The Bertz CT molecular complexity index is 1430. The summed E-state index contributed by atoms with van der Waals surface area (Å²) in [5.74, 6) is -0.948. The fourth-order valence-corrected chi connectivity index (χ4v) is 8.26. The van der Waals surface area contributed by atoms with Crippen LogP contribution in [-0.2, 0) is 28.6 Å². The lowest BCUT2D eigenvalue weighted by Crippen LogP contribution is -2.30. The Balaban J connectivity index is 4.48. The molecule has 0 aromatic carbocycles. The Kier molecular flexibility index (Phi) is 56.8. The summed E-state index contributed by atoms with van der Waals surface area (Å²) >= 11 is 0. The van der Waals surface area contributed by atoms with Crippen molar-refractivity contribution >= 4 is 17.9 Å². The Hall–Kier alpha value is -3.67. The average molecular weight is 1000 g/mol. The van der Waals surface area contributed by atoms with Crippen LogP contribution in [0, 0.1) is 0 Å². The maximum absolute atomic E-state index is 12.9. The lowest BCUT2D eigenvalue weighted by molar-refractivity contribution is -0.167. The van der Waals surface area contributed by atoms with Crippen molar-refractivity contribution in [1.82, 2.24) is 0 Å². The molecule has 1 unspecified atom stereocenters. The summed E-state index contributed by atoms with van der Waals surface area (Å²) in [6.07, 6.45) is 79.7. The summed E-state index contributed by atoms with van der Waals surface area (Å²) in [6.45, 7) is 6.49. The molecule has 0 amide bonds. The first-order chi connectivity index (χ1) is 35.5. The van der Waals surface area contributed by atoms with E-state index in [2.05, 4.69) is 118 Å². The second-order valence-electron chi connectivity index (χ2n) is 19.9. The largest absolute Gasteiger partial charge is 0.462 e. The van der Waals surface area contributed by atoms with E-state index in [-0.39, 0.29) is 31.1 Å². The van der Waals surface area contributed by atoms with Crippen LogP contribution in [-0.4, -0.2) is 37.2 Å².